The maximum absolute atomic E-state index is 12.1. The van der Waals surface area contributed by atoms with Crippen LogP contribution in [0.3, 0.4) is 0 Å². The number of hydrogen-bond donors (Lipinski definition) is 1. The molecule has 0 bridgehead atoms. The Bertz CT molecular complexity index is 997. The number of nitrogens with one attached hydrogen (secondary N) is 1. The quantitative estimate of drug-likeness (QED) is 0.396. The van der Waals surface area contributed by atoms with Crippen LogP contribution in [0.1, 0.15) is 18.1 Å². The highest BCUT2D eigenvalue weighted by atomic mass is 16.6. The van der Waals surface area contributed by atoms with Crippen molar-refractivity contribution in [2.75, 3.05) is 19.0 Å². The molecule has 0 aliphatic rings. The Hall–Kier alpha value is -4.13. The molecule has 0 aliphatic carbocycles. The fraction of sp³-hybridized carbons (Fsp3) is 0.250. The molecule has 1 amide bonds. The lowest BCUT2D eigenvalue weighted by molar-refractivity contribution is -0.385. The third-order valence-corrected chi connectivity index (χ3v) is 3.97. The first-order valence-electron chi connectivity index (χ1n) is 8.71. The Morgan fingerprint density at radius 2 is 1.93 bits per heavy atom. The van der Waals surface area contributed by atoms with Crippen LogP contribution in [0.2, 0.25) is 0 Å². The number of benzene rings is 2. The van der Waals surface area contributed by atoms with Crippen LogP contribution in [-0.4, -0.2) is 36.6 Å². The van der Waals surface area contributed by atoms with Crippen molar-refractivity contribution >= 4 is 23.3 Å². The van der Waals surface area contributed by atoms with Gasteiger partial charge in [0.15, 0.2) is 18.5 Å². The second-order valence-electron chi connectivity index (χ2n) is 6.15. The summed E-state index contributed by atoms with van der Waals surface area (Å²) in [5, 5.41) is 22.3. The summed E-state index contributed by atoms with van der Waals surface area (Å²) in [4.78, 5) is 34.6. The van der Waals surface area contributed by atoms with E-state index in [-0.39, 0.29) is 11.4 Å². The van der Waals surface area contributed by atoms with Gasteiger partial charge in [-0.2, -0.15) is 5.26 Å². The minimum Gasteiger partial charge on any atom is -0.490 e. The van der Waals surface area contributed by atoms with E-state index in [9.17, 15) is 19.7 Å². The Morgan fingerprint density at radius 1 is 1.27 bits per heavy atom. The molecule has 0 spiro atoms. The number of nitro benzene ring substituents is 1. The maximum atomic E-state index is 12.1. The molecular formula is C20H19N3O7. The SMILES string of the molecule is COc1cc(NC(=O)COC(=O)[C@H](C)Oc2ccc(C#N)cc2)c(C)cc1[N+](=O)[O-]. The summed E-state index contributed by atoms with van der Waals surface area (Å²) in [6.45, 7) is 2.48. The van der Waals surface area contributed by atoms with Crippen LogP contribution >= 0.6 is 0 Å². The molecule has 0 heterocycles. The summed E-state index contributed by atoms with van der Waals surface area (Å²) in [6, 6.07) is 10.7. The number of aryl methyl sites for hydroxylation is 1. The van der Waals surface area contributed by atoms with Crippen LogP contribution in [0.5, 0.6) is 11.5 Å². The van der Waals surface area contributed by atoms with Crippen molar-refractivity contribution in [1.82, 2.24) is 0 Å². The molecule has 10 heteroatoms. The Labute approximate surface area is 172 Å². The number of amides is 1. The van der Waals surface area contributed by atoms with Crippen molar-refractivity contribution in [2.45, 2.75) is 20.0 Å². The molecule has 2 rings (SSSR count). The van der Waals surface area contributed by atoms with Gasteiger partial charge < -0.3 is 19.5 Å². The van der Waals surface area contributed by atoms with E-state index in [1.54, 1.807) is 31.2 Å². The summed E-state index contributed by atoms with van der Waals surface area (Å²) >= 11 is 0. The number of nitrogens with zero attached hydrogens (tertiary/aromatic N) is 2. The van der Waals surface area contributed by atoms with Crippen LogP contribution in [0.4, 0.5) is 11.4 Å². The molecular weight excluding hydrogens is 394 g/mol. The van der Waals surface area contributed by atoms with E-state index < -0.39 is 29.5 Å². The fourth-order valence-corrected chi connectivity index (χ4v) is 2.41. The van der Waals surface area contributed by atoms with Gasteiger partial charge >= 0.3 is 11.7 Å². The van der Waals surface area contributed by atoms with E-state index >= 15 is 0 Å². The molecule has 0 saturated heterocycles. The number of carbonyl (C=O) groups excluding carboxylic acids is 2. The van der Waals surface area contributed by atoms with Gasteiger partial charge in [0.05, 0.1) is 23.7 Å². The molecule has 30 heavy (non-hydrogen) atoms. The lowest BCUT2D eigenvalue weighted by Crippen LogP contribution is -2.29. The smallest absolute Gasteiger partial charge is 0.347 e. The van der Waals surface area contributed by atoms with Gasteiger partial charge in [0, 0.05) is 17.8 Å². The number of nitriles is 1. The van der Waals surface area contributed by atoms with Gasteiger partial charge in [0.2, 0.25) is 0 Å². The molecule has 2 aromatic rings. The Kier molecular flexibility index (Phi) is 7.30. The highest BCUT2D eigenvalue weighted by molar-refractivity contribution is 5.94. The molecule has 0 aromatic heterocycles. The number of esters is 1. The molecule has 0 fully saturated rings. The van der Waals surface area contributed by atoms with E-state index in [0.29, 0.717) is 22.6 Å². The van der Waals surface area contributed by atoms with E-state index in [1.165, 1.54) is 26.2 Å². The molecule has 0 unspecified atom stereocenters. The molecule has 10 nitrogen and oxygen atoms in total. The second-order valence-corrected chi connectivity index (χ2v) is 6.15. The van der Waals surface area contributed by atoms with Gasteiger partial charge in [0.1, 0.15) is 5.75 Å². The van der Waals surface area contributed by atoms with E-state index in [2.05, 4.69) is 5.32 Å². The average molecular weight is 413 g/mol. The van der Waals surface area contributed by atoms with Gasteiger partial charge in [-0.25, -0.2) is 4.79 Å². The third-order valence-electron chi connectivity index (χ3n) is 3.97. The molecule has 156 valence electrons. The maximum Gasteiger partial charge on any atom is 0.347 e. The first-order chi connectivity index (χ1) is 14.2. The molecule has 2 aromatic carbocycles. The van der Waals surface area contributed by atoms with Gasteiger partial charge in [-0.05, 0) is 43.7 Å². The predicted octanol–water partition coefficient (Wildman–Crippen LogP) is 2.73. The largest absolute Gasteiger partial charge is 0.490 e. The van der Waals surface area contributed by atoms with E-state index in [4.69, 9.17) is 19.5 Å². The summed E-state index contributed by atoms with van der Waals surface area (Å²) in [6.07, 6.45) is -0.980. The molecule has 0 saturated carbocycles. The van der Waals surface area contributed by atoms with Crippen molar-refractivity contribution in [3.05, 3.63) is 57.6 Å². The van der Waals surface area contributed by atoms with Crippen molar-refractivity contribution in [3.8, 4) is 17.6 Å². The lowest BCUT2D eigenvalue weighted by Gasteiger charge is -2.14. The topological polar surface area (TPSA) is 141 Å². The molecule has 1 N–H and O–H groups in total. The van der Waals surface area contributed by atoms with Crippen LogP contribution in [0, 0.1) is 28.4 Å². The molecule has 0 aliphatic heterocycles. The van der Waals surface area contributed by atoms with Gasteiger partial charge in [-0.3, -0.25) is 14.9 Å². The van der Waals surface area contributed by atoms with E-state index in [0.717, 1.165) is 0 Å². The standard InChI is InChI=1S/C20H19N3O7/c1-12-8-17(23(26)27)18(28-3)9-16(12)22-19(24)11-29-20(25)13(2)30-15-6-4-14(10-21)5-7-15/h4-9,13H,11H2,1-3H3,(H,22,24)/t13-/m0/s1. The number of methoxy groups -OCH3 is 1. The molecule has 0 radical (unpaired) electrons. The molecule has 1 atom stereocenters. The van der Waals surface area contributed by atoms with E-state index in [1.807, 2.05) is 6.07 Å². The zero-order valence-corrected chi connectivity index (χ0v) is 16.5. The zero-order valence-electron chi connectivity index (χ0n) is 16.5. The van der Waals surface area contributed by atoms with Crippen LogP contribution in [0.15, 0.2) is 36.4 Å². The van der Waals surface area contributed by atoms with Crippen LogP contribution < -0.4 is 14.8 Å². The summed E-state index contributed by atoms with van der Waals surface area (Å²) in [5.41, 5.74) is 0.959. The number of rotatable bonds is 8. The third kappa shape index (κ3) is 5.68. The normalized spacial score (nSPS) is 11.0. The number of ether oxygens (including phenoxy) is 3. The van der Waals surface area contributed by atoms with Gasteiger partial charge in [0.25, 0.3) is 5.91 Å². The van der Waals surface area contributed by atoms with Crippen LogP contribution in [-0.2, 0) is 14.3 Å². The zero-order chi connectivity index (χ0) is 22.3. The highest BCUT2D eigenvalue weighted by Gasteiger charge is 2.20. The lowest BCUT2D eigenvalue weighted by atomic mass is 10.1. The van der Waals surface area contributed by atoms with Crippen molar-refractivity contribution < 1.29 is 28.7 Å². The average Bonchev–Trinajstić information content (AvgIpc) is 2.73. The van der Waals surface area contributed by atoms with Gasteiger partial charge in [-0.15, -0.1) is 0 Å². The number of carbonyl (C=O) groups is 2. The monoisotopic (exact) mass is 413 g/mol. The fourth-order valence-electron chi connectivity index (χ4n) is 2.41. The predicted molar refractivity (Wildman–Crippen MR) is 105 cm³/mol. The Morgan fingerprint density at radius 3 is 2.50 bits per heavy atom. The Balaban J connectivity index is 1.92. The number of nitro groups is 1. The first-order valence-corrected chi connectivity index (χ1v) is 8.71. The highest BCUT2D eigenvalue weighted by Crippen LogP contribution is 2.32. The minimum atomic E-state index is -0.980. The summed E-state index contributed by atoms with van der Waals surface area (Å²) in [7, 11) is 1.28. The minimum absolute atomic E-state index is 0.0117. The summed E-state index contributed by atoms with van der Waals surface area (Å²) in [5.74, 6) is -1.03. The van der Waals surface area contributed by atoms with Crippen molar-refractivity contribution in [2.24, 2.45) is 0 Å². The van der Waals surface area contributed by atoms with Gasteiger partial charge in [-0.1, -0.05) is 0 Å². The van der Waals surface area contributed by atoms with Crippen molar-refractivity contribution in [1.29, 1.82) is 5.26 Å². The second kappa shape index (κ2) is 9.88. The number of anilines is 1. The van der Waals surface area contributed by atoms with Crippen LogP contribution in [0.25, 0.3) is 0 Å². The summed E-state index contributed by atoms with van der Waals surface area (Å²) < 4.78 is 15.3. The first kappa shape index (κ1) is 22.2. The number of hydrogen-bond acceptors (Lipinski definition) is 8. The van der Waals surface area contributed by atoms with Crippen molar-refractivity contribution in [3.63, 3.8) is 0 Å².